The number of hydrogen-bond donors (Lipinski definition) is 1. The second-order valence-electron chi connectivity index (χ2n) is 6.45. The van der Waals surface area contributed by atoms with E-state index in [0.717, 1.165) is 38.0 Å². The Balaban J connectivity index is 1.60. The first kappa shape index (κ1) is 14.5. The largest absolute Gasteiger partial charge is 0.331 e. The number of carbonyl (C=O) groups is 1. The Hall–Kier alpha value is -1.39. The molecule has 2 atom stereocenters. The number of amides is 1. The molecule has 3 rings (SSSR count). The molecule has 2 heterocycles. The van der Waals surface area contributed by atoms with Crippen molar-refractivity contribution < 1.29 is 4.79 Å². The molecule has 4 heteroatoms. The molecule has 21 heavy (non-hydrogen) atoms. The molecule has 0 aromatic carbocycles. The van der Waals surface area contributed by atoms with Crippen molar-refractivity contribution in [2.75, 3.05) is 40.3 Å². The highest BCUT2D eigenvalue weighted by Crippen LogP contribution is 2.37. The first-order valence-electron chi connectivity index (χ1n) is 7.92. The third-order valence-corrected chi connectivity index (χ3v) is 4.58. The molecule has 114 valence electrons. The molecule has 2 aliphatic heterocycles. The van der Waals surface area contributed by atoms with Crippen LogP contribution in [0.15, 0.2) is 35.5 Å². The van der Waals surface area contributed by atoms with Crippen LogP contribution in [0.5, 0.6) is 0 Å². The van der Waals surface area contributed by atoms with Gasteiger partial charge in [-0.3, -0.25) is 4.79 Å². The zero-order chi connectivity index (χ0) is 14.8. The van der Waals surface area contributed by atoms with Crippen molar-refractivity contribution in [1.82, 2.24) is 15.1 Å². The number of nitrogens with zero attached hydrogens (tertiary/aromatic N) is 2. The molecule has 0 aromatic heterocycles. The summed E-state index contributed by atoms with van der Waals surface area (Å²) < 4.78 is 0. The van der Waals surface area contributed by atoms with Gasteiger partial charge in [-0.05, 0) is 51.7 Å². The highest BCUT2D eigenvalue weighted by molar-refractivity contribution is 5.97. The number of carbonyl (C=O) groups excluding carboxylic acids is 1. The van der Waals surface area contributed by atoms with Gasteiger partial charge in [-0.2, -0.15) is 0 Å². The first-order valence-corrected chi connectivity index (χ1v) is 7.92. The van der Waals surface area contributed by atoms with E-state index in [1.54, 1.807) is 0 Å². The van der Waals surface area contributed by atoms with E-state index in [0.29, 0.717) is 18.5 Å². The molecule has 1 amide bonds. The minimum atomic E-state index is 0.232. The van der Waals surface area contributed by atoms with Crippen molar-refractivity contribution in [1.29, 1.82) is 0 Å². The minimum Gasteiger partial charge on any atom is -0.331 e. The van der Waals surface area contributed by atoms with Crippen LogP contribution in [0.25, 0.3) is 0 Å². The van der Waals surface area contributed by atoms with Crippen LogP contribution in [0.1, 0.15) is 12.8 Å². The van der Waals surface area contributed by atoms with Crippen LogP contribution in [0, 0.1) is 5.92 Å². The van der Waals surface area contributed by atoms with Gasteiger partial charge in [0.1, 0.15) is 0 Å². The summed E-state index contributed by atoms with van der Waals surface area (Å²) in [5.41, 5.74) is 2.22. The number of nitrogens with one attached hydrogen (secondary N) is 1. The normalized spacial score (nSPS) is 27.0. The molecule has 3 aliphatic rings. The van der Waals surface area contributed by atoms with Crippen molar-refractivity contribution in [3.05, 3.63) is 35.5 Å². The highest BCUT2D eigenvalue weighted by atomic mass is 16.2. The third-order valence-electron chi connectivity index (χ3n) is 4.58. The molecular formula is C17H25N3O. The van der Waals surface area contributed by atoms with Gasteiger partial charge >= 0.3 is 0 Å². The molecule has 4 nitrogen and oxygen atoms in total. The van der Waals surface area contributed by atoms with Gasteiger partial charge < -0.3 is 15.1 Å². The summed E-state index contributed by atoms with van der Waals surface area (Å²) in [5.74, 6) is 0.759. The molecule has 1 N–H and O–H groups in total. The zero-order valence-electron chi connectivity index (χ0n) is 13.0. The Morgan fingerprint density at radius 1 is 1.43 bits per heavy atom. The Morgan fingerprint density at radius 2 is 2.29 bits per heavy atom. The minimum absolute atomic E-state index is 0.232. The van der Waals surface area contributed by atoms with Crippen molar-refractivity contribution in [3.8, 4) is 0 Å². The van der Waals surface area contributed by atoms with Gasteiger partial charge in [0.25, 0.3) is 5.91 Å². The summed E-state index contributed by atoms with van der Waals surface area (Å²) in [6.07, 6.45) is 10.9. The second-order valence-corrected chi connectivity index (χ2v) is 6.45. The summed E-state index contributed by atoms with van der Waals surface area (Å²) in [6.45, 7) is 3.61. The monoisotopic (exact) mass is 287 g/mol. The van der Waals surface area contributed by atoms with Crippen LogP contribution in [0.3, 0.4) is 0 Å². The van der Waals surface area contributed by atoms with E-state index in [1.807, 2.05) is 0 Å². The van der Waals surface area contributed by atoms with Crippen LogP contribution in [0.2, 0.25) is 0 Å². The fourth-order valence-corrected chi connectivity index (χ4v) is 3.53. The number of allylic oxidation sites excluding steroid dienone is 2. The van der Waals surface area contributed by atoms with Gasteiger partial charge in [0.05, 0.1) is 6.04 Å². The summed E-state index contributed by atoms with van der Waals surface area (Å²) in [5, 5.41) is 3.41. The summed E-state index contributed by atoms with van der Waals surface area (Å²) in [6, 6.07) is 0.306. The standard InChI is InChI=1S/C17H25N3O/c1-19(2)9-4-8-18-12-15-11-14-6-3-5-13-7-10-20(16(13)14)17(15)21/h3,5-6,11,13,16,18H,4,7-10,12H2,1-2H3. The molecule has 0 spiro atoms. The Kier molecular flexibility index (Phi) is 4.27. The van der Waals surface area contributed by atoms with Crippen LogP contribution >= 0.6 is 0 Å². The molecule has 1 fully saturated rings. The van der Waals surface area contributed by atoms with Gasteiger partial charge in [0, 0.05) is 24.6 Å². The summed E-state index contributed by atoms with van der Waals surface area (Å²) in [7, 11) is 4.17. The summed E-state index contributed by atoms with van der Waals surface area (Å²) >= 11 is 0. The fraction of sp³-hybridized carbons (Fsp3) is 0.588. The molecule has 0 bridgehead atoms. The number of rotatable bonds is 6. The number of hydrogen-bond acceptors (Lipinski definition) is 3. The second kappa shape index (κ2) is 6.16. The zero-order valence-corrected chi connectivity index (χ0v) is 13.0. The van der Waals surface area contributed by atoms with E-state index < -0.39 is 0 Å². The Bertz CT molecular complexity index is 504. The Labute approximate surface area is 127 Å². The van der Waals surface area contributed by atoms with E-state index in [-0.39, 0.29) is 5.91 Å². The van der Waals surface area contributed by atoms with Gasteiger partial charge in [0.2, 0.25) is 0 Å². The maximum Gasteiger partial charge on any atom is 0.251 e. The molecular weight excluding hydrogens is 262 g/mol. The lowest BCUT2D eigenvalue weighted by Crippen LogP contribution is -2.44. The van der Waals surface area contributed by atoms with Gasteiger partial charge in [0.15, 0.2) is 0 Å². The predicted octanol–water partition coefficient (Wildman–Crippen LogP) is 1.18. The van der Waals surface area contributed by atoms with Crippen LogP contribution in [0.4, 0.5) is 0 Å². The van der Waals surface area contributed by atoms with E-state index in [2.05, 4.69) is 53.5 Å². The lowest BCUT2D eigenvalue weighted by Gasteiger charge is -2.34. The molecule has 1 aliphatic carbocycles. The predicted molar refractivity (Wildman–Crippen MR) is 85.0 cm³/mol. The van der Waals surface area contributed by atoms with Gasteiger partial charge in [-0.15, -0.1) is 0 Å². The SMILES string of the molecule is CN(C)CCCNCC1=CC2=CC=CC3CCN(C1=O)C23. The Morgan fingerprint density at radius 3 is 3.10 bits per heavy atom. The highest BCUT2D eigenvalue weighted by Gasteiger charge is 2.41. The third kappa shape index (κ3) is 2.97. The maximum atomic E-state index is 12.6. The molecule has 0 radical (unpaired) electrons. The van der Waals surface area contributed by atoms with E-state index >= 15 is 0 Å². The van der Waals surface area contributed by atoms with Gasteiger partial charge in [-0.1, -0.05) is 18.2 Å². The van der Waals surface area contributed by atoms with Crippen molar-refractivity contribution in [2.24, 2.45) is 5.92 Å². The fourth-order valence-electron chi connectivity index (χ4n) is 3.53. The molecule has 0 saturated carbocycles. The van der Waals surface area contributed by atoms with Crippen LogP contribution in [-0.2, 0) is 4.79 Å². The summed E-state index contributed by atoms with van der Waals surface area (Å²) in [4.78, 5) is 16.8. The van der Waals surface area contributed by atoms with E-state index in [9.17, 15) is 4.79 Å². The quantitative estimate of drug-likeness (QED) is 0.745. The smallest absolute Gasteiger partial charge is 0.251 e. The first-order chi connectivity index (χ1) is 10.2. The van der Waals surface area contributed by atoms with Crippen LogP contribution < -0.4 is 5.32 Å². The average molecular weight is 287 g/mol. The van der Waals surface area contributed by atoms with Crippen LogP contribution in [-0.4, -0.2) is 62.0 Å². The lowest BCUT2D eigenvalue weighted by molar-refractivity contribution is -0.128. The van der Waals surface area contributed by atoms with Crippen molar-refractivity contribution in [3.63, 3.8) is 0 Å². The average Bonchev–Trinajstić information content (AvgIpc) is 2.89. The van der Waals surface area contributed by atoms with Crippen molar-refractivity contribution in [2.45, 2.75) is 18.9 Å². The molecule has 1 saturated heterocycles. The molecule has 2 unspecified atom stereocenters. The van der Waals surface area contributed by atoms with Gasteiger partial charge in [-0.25, -0.2) is 0 Å². The van der Waals surface area contributed by atoms with E-state index in [1.165, 1.54) is 5.57 Å². The van der Waals surface area contributed by atoms with E-state index in [4.69, 9.17) is 0 Å². The molecule has 0 aromatic rings. The topological polar surface area (TPSA) is 35.6 Å². The lowest BCUT2D eigenvalue weighted by atomic mass is 9.86. The maximum absolute atomic E-state index is 12.6. The van der Waals surface area contributed by atoms with Crippen molar-refractivity contribution >= 4 is 5.91 Å².